The Kier molecular flexibility index (Phi) is 7.78. The Morgan fingerprint density at radius 2 is 1.25 bits per heavy atom. The molecule has 0 atom stereocenters. The van der Waals surface area contributed by atoms with Crippen molar-refractivity contribution >= 4 is 66.0 Å². The Labute approximate surface area is 212 Å². The van der Waals surface area contributed by atoms with E-state index >= 15 is 0 Å². The zero-order chi connectivity index (χ0) is 26.8. The van der Waals surface area contributed by atoms with Gasteiger partial charge in [-0.25, -0.2) is 25.6 Å². The quantitative estimate of drug-likeness (QED) is 0.308. The molecule has 3 aromatic carbocycles. The Balaban J connectivity index is 2.06. The van der Waals surface area contributed by atoms with Gasteiger partial charge in [-0.1, -0.05) is 23.2 Å². The molecule has 0 aliphatic rings. The van der Waals surface area contributed by atoms with Gasteiger partial charge in [-0.05, 0) is 40.7 Å². The number of halogens is 4. The highest BCUT2D eigenvalue weighted by Gasteiger charge is 2.27. The van der Waals surface area contributed by atoms with Crippen LogP contribution in [0.3, 0.4) is 0 Å². The van der Waals surface area contributed by atoms with Crippen LogP contribution in [0.25, 0.3) is 0 Å². The van der Waals surface area contributed by atoms with Crippen molar-refractivity contribution in [3.05, 3.63) is 74.0 Å². The van der Waals surface area contributed by atoms with Crippen LogP contribution in [0.4, 0.5) is 31.5 Å². The molecule has 0 spiro atoms. The predicted molar refractivity (Wildman–Crippen MR) is 128 cm³/mol. The van der Waals surface area contributed by atoms with Gasteiger partial charge < -0.3 is 4.74 Å². The lowest BCUT2D eigenvalue weighted by Crippen LogP contribution is -2.18. The van der Waals surface area contributed by atoms with E-state index in [-0.39, 0.29) is 5.75 Å². The molecule has 0 heterocycles. The Bertz CT molecular complexity index is 1560. The van der Waals surface area contributed by atoms with Gasteiger partial charge in [0.1, 0.15) is 33.4 Å². The van der Waals surface area contributed by atoms with E-state index in [2.05, 4.69) is 10.4 Å². The summed E-state index contributed by atoms with van der Waals surface area (Å²) in [5.41, 5.74) is -2.26. The van der Waals surface area contributed by atoms with Gasteiger partial charge in [-0.3, -0.25) is 9.44 Å². The van der Waals surface area contributed by atoms with Crippen molar-refractivity contribution in [2.45, 2.75) is 9.79 Å². The Hall–Kier alpha value is -3.40. The fraction of sp³-hybridized carbons (Fsp3) is 0.0526. The molecule has 0 amide bonds. The average molecular weight is 581 g/mol. The second-order valence-corrected chi connectivity index (χ2v) is 10.9. The molecule has 0 saturated carbocycles. The molecule has 0 unspecified atom stereocenters. The van der Waals surface area contributed by atoms with Crippen LogP contribution in [0.15, 0.2) is 62.6 Å². The first-order chi connectivity index (χ1) is 16.8. The minimum atomic E-state index is -4.75. The number of hydrogen-bond acceptors (Lipinski definition) is 9. The van der Waals surface area contributed by atoms with E-state index in [0.29, 0.717) is 18.2 Å². The van der Waals surface area contributed by atoms with Crippen molar-refractivity contribution in [3.8, 4) is 5.75 Å². The fourth-order valence-corrected chi connectivity index (χ4v) is 5.92. The first-order valence-electron chi connectivity index (χ1n) is 9.21. The van der Waals surface area contributed by atoms with Crippen molar-refractivity contribution in [2.75, 3.05) is 16.6 Å². The van der Waals surface area contributed by atoms with Crippen molar-refractivity contribution in [3.63, 3.8) is 0 Å². The molecule has 36 heavy (non-hydrogen) atoms. The maximum Gasteiger partial charge on any atom is 0.265 e. The van der Waals surface area contributed by atoms with E-state index in [4.69, 9.17) is 27.9 Å². The molecule has 0 fully saturated rings. The second kappa shape index (κ2) is 10.3. The highest BCUT2D eigenvalue weighted by Crippen LogP contribution is 2.36. The lowest BCUT2D eigenvalue weighted by molar-refractivity contribution is 0.402. The van der Waals surface area contributed by atoms with Gasteiger partial charge in [0, 0.05) is 12.1 Å². The molecule has 0 aromatic heterocycles. The first-order valence-corrected chi connectivity index (χ1v) is 12.9. The van der Waals surface area contributed by atoms with Crippen molar-refractivity contribution in [2.24, 2.45) is 10.4 Å². The van der Waals surface area contributed by atoms with E-state index in [1.54, 1.807) is 0 Å². The molecular weight excluding hydrogens is 569 g/mol. The third-order valence-electron chi connectivity index (χ3n) is 4.47. The van der Waals surface area contributed by atoms with Crippen LogP contribution < -0.4 is 14.2 Å². The van der Waals surface area contributed by atoms with E-state index in [1.807, 2.05) is 9.44 Å². The highest BCUT2D eigenvalue weighted by molar-refractivity contribution is 7.93. The summed E-state index contributed by atoms with van der Waals surface area (Å²) in [5, 5.41) is 4.02. The summed E-state index contributed by atoms with van der Waals surface area (Å²) in [4.78, 5) is 19.8. The standard InChI is InChI=1S/C19H12Cl2F2N4O7S2/c1-34-16-3-2-11(35(30,31)26-18-12(20)4-9(24-28)6-14(18)22)8-17(16)36(32,33)27-19-13(21)5-10(25-29)7-15(19)23/h2-8,26-27H,1H3. The maximum absolute atomic E-state index is 14.3. The number of nitroso groups, excluding NO2 is 2. The Morgan fingerprint density at radius 3 is 1.67 bits per heavy atom. The molecule has 3 rings (SSSR count). The largest absolute Gasteiger partial charge is 0.495 e. The molecule has 3 aromatic rings. The third kappa shape index (κ3) is 5.53. The number of sulfonamides is 2. The molecule has 0 aliphatic heterocycles. The summed E-state index contributed by atoms with van der Waals surface area (Å²) in [6.07, 6.45) is 0. The van der Waals surface area contributed by atoms with Crippen LogP contribution in [0.5, 0.6) is 5.75 Å². The number of methoxy groups -OCH3 is 1. The van der Waals surface area contributed by atoms with Gasteiger partial charge in [0.25, 0.3) is 20.0 Å². The normalized spacial score (nSPS) is 11.6. The van der Waals surface area contributed by atoms with Crippen LogP contribution in [0, 0.1) is 21.4 Å². The molecule has 17 heteroatoms. The summed E-state index contributed by atoms with van der Waals surface area (Å²) >= 11 is 11.7. The maximum atomic E-state index is 14.3. The number of nitrogens with zero attached hydrogens (tertiary/aromatic N) is 2. The van der Waals surface area contributed by atoms with Crippen molar-refractivity contribution in [1.82, 2.24) is 0 Å². The number of benzene rings is 3. The SMILES string of the molecule is COc1ccc(S(=O)(=O)Nc2c(F)cc(N=O)cc2Cl)cc1S(=O)(=O)Nc1c(F)cc(N=O)cc1Cl. The zero-order valence-corrected chi connectivity index (χ0v) is 20.8. The number of hydrogen-bond donors (Lipinski definition) is 2. The molecule has 11 nitrogen and oxygen atoms in total. The van der Waals surface area contributed by atoms with Gasteiger partial charge in [-0.2, -0.15) is 0 Å². The number of anilines is 2. The lowest BCUT2D eigenvalue weighted by atomic mass is 10.3. The van der Waals surface area contributed by atoms with Crippen molar-refractivity contribution < 1.29 is 30.4 Å². The molecule has 190 valence electrons. The molecular formula is C19H12Cl2F2N4O7S2. The topological polar surface area (TPSA) is 160 Å². The van der Waals surface area contributed by atoms with Gasteiger partial charge in [0.15, 0.2) is 11.6 Å². The number of rotatable bonds is 9. The second-order valence-electron chi connectivity index (χ2n) is 6.78. The lowest BCUT2D eigenvalue weighted by Gasteiger charge is -2.15. The zero-order valence-electron chi connectivity index (χ0n) is 17.6. The van der Waals surface area contributed by atoms with E-state index in [0.717, 1.165) is 31.4 Å². The summed E-state index contributed by atoms with van der Waals surface area (Å²) in [5.74, 6) is -2.79. The van der Waals surface area contributed by atoms with Crippen LogP contribution in [-0.4, -0.2) is 23.9 Å². The highest BCUT2D eigenvalue weighted by atomic mass is 35.5. The van der Waals surface area contributed by atoms with E-state index < -0.39 is 74.3 Å². The summed E-state index contributed by atoms with van der Waals surface area (Å²) in [6, 6.07) is 5.66. The van der Waals surface area contributed by atoms with E-state index in [1.165, 1.54) is 0 Å². The molecule has 2 N–H and O–H groups in total. The monoisotopic (exact) mass is 580 g/mol. The fourth-order valence-electron chi connectivity index (χ4n) is 2.84. The molecule has 0 saturated heterocycles. The molecule has 0 bridgehead atoms. The molecule has 0 radical (unpaired) electrons. The van der Waals surface area contributed by atoms with Crippen LogP contribution >= 0.6 is 23.2 Å². The van der Waals surface area contributed by atoms with Crippen LogP contribution in [0.2, 0.25) is 10.0 Å². The minimum Gasteiger partial charge on any atom is -0.495 e. The summed E-state index contributed by atoms with van der Waals surface area (Å²) in [6.45, 7) is 0. The third-order valence-corrected chi connectivity index (χ3v) is 7.79. The summed E-state index contributed by atoms with van der Waals surface area (Å²) < 4.78 is 89.1. The summed E-state index contributed by atoms with van der Waals surface area (Å²) in [7, 11) is -8.32. The van der Waals surface area contributed by atoms with E-state index in [9.17, 15) is 35.4 Å². The van der Waals surface area contributed by atoms with Gasteiger partial charge in [-0.15, -0.1) is 9.81 Å². The smallest absolute Gasteiger partial charge is 0.265 e. The van der Waals surface area contributed by atoms with Crippen LogP contribution in [-0.2, 0) is 20.0 Å². The van der Waals surface area contributed by atoms with Crippen molar-refractivity contribution in [1.29, 1.82) is 0 Å². The first kappa shape index (κ1) is 27.2. The number of ether oxygens (including phenoxy) is 1. The average Bonchev–Trinajstić information content (AvgIpc) is 2.82. The van der Waals surface area contributed by atoms with Crippen LogP contribution in [0.1, 0.15) is 0 Å². The Morgan fingerprint density at radius 1 is 0.778 bits per heavy atom. The predicted octanol–water partition coefficient (Wildman–Crippen LogP) is 5.68. The van der Waals surface area contributed by atoms with Gasteiger partial charge in [0.2, 0.25) is 0 Å². The minimum absolute atomic E-state index is 0.338. The van der Waals surface area contributed by atoms with Gasteiger partial charge >= 0.3 is 0 Å². The number of nitrogens with one attached hydrogen (secondary N) is 2. The van der Waals surface area contributed by atoms with Gasteiger partial charge in [0.05, 0.1) is 22.1 Å². The molecule has 0 aliphatic carbocycles.